The Morgan fingerprint density at radius 1 is 0.742 bits per heavy atom. The molecule has 6 nitrogen and oxygen atoms in total. The minimum absolute atomic E-state index is 0.235. The molecular formula is C25H28N2O4. The van der Waals surface area contributed by atoms with Gasteiger partial charge in [0.25, 0.3) is 0 Å². The summed E-state index contributed by atoms with van der Waals surface area (Å²) < 4.78 is 11.5. The zero-order valence-electron chi connectivity index (χ0n) is 17.4. The van der Waals surface area contributed by atoms with Gasteiger partial charge in [-0.15, -0.1) is 0 Å². The summed E-state index contributed by atoms with van der Waals surface area (Å²) in [6.07, 6.45) is -0.572. The SMILES string of the molecule is Oc1ccccc1N1CCN(CC(O)COc2ccc(Oc3ccccc3)cc2)CC1. The lowest BCUT2D eigenvalue weighted by Crippen LogP contribution is -2.49. The molecule has 0 bridgehead atoms. The van der Waals surface area contributed by atoms with E-state index in [1.807, 2.05) is 72.8 Å². The molecule has 1 unspecified atom stereocenters. The molecule has 1 aliphatic heterocycles. The van der Waals surface area contributed by atoms with Crippen LogP contribution in [0.25, 0.3) is 0 Å². The summed E-state index contributed by atoms with van der Waals surface area (Å²) in [6, 6.07) is 24.4. The van der Waals surface area contributed by atoms with Crippen LogP contribution in [0.15, 0.2) is 78.9 Å². The van der Waals surface area contributed by atoms with E-state index in [-0.39, 0.29) is 6.61 Å². The van der Waals surface area contributed by atoms with Gasteiger partial charge in [-0.25, -0.2) is 0 Å². The van der Waals surface area contributed by atoms with Crippen LogP contribution >= 0.6 is 0 Å². The van der Waals surface area contributed by atoms with E-state index in [1.54, 1.807) is 6.07 Å². The normalized spacial score (nSPS) is 15.5. The Morgan fingerprint density at radius 3 is 2.06 bits per heavy atom. The highest BCUT2D eigenvalue weighted by molar-refractivity contribution is 5.57. The van der Waals surface area contributed by atoms with Gasteiger partial charge >= 0.3 is 0 Å². The molecular weight excluding hydrogens is 392 g/mol. The smallest absolute Gasteiger partial charge is 0.138 e. The third-order valence-corrected chi connectivity index (χ3v) is 5.31. The maximum Gasteiger partial charge on any atom is 0.138 e. The van der Waals surface area contributed by atoms with E-state index < -0.39 is 6.10 Å². The summed E-state index contributed by atoms with van der Waals surface area (Å²) in [5.74, 6) is 2.53. The number of piperazine rings is 1. The fourth-order valence-electron chi connectivity index (χ4n) is 3.67. The van der Waals surface area contributed by atoms with Crippen molar-refractivity contribution in [3.05, 3.63) is 78.9 Å². The number of β-amino-alcohol motifs (C(OH)–C–C–N with tert-alkyl or cyclic N) is 1. The van der Waals surface area contributed by atoms with Crippen LogP contribution in [0.1, 0.15) is 0 Å². The lowest BCUT2D eigenvalue weighted by atomic mass is 10.2. The molecule has 0 spiro atoms. The van der Waals surface area contributed by atoms with E-state index >= 15 is 0 Å². The van der Waals surface area contributed by atoms with Crippen LogP contribution in [-0.2, 0) is 0 Å². The Balaban J connectivity index is 1.19. The third kappa shape index (κ3) is 5.90. The molecule has 0 radical (unpaired) electrons. The maximum absolute atomic E-state index is 10.4. The predicted octanol–water partition coefficient (Wildman–Crippen LogP) is 3.75. The summed E-state index contributed by atoms with van der Waals surface area (Å²) >= 11 is 0. The number of anilines is 1. The van der Waals surface area contributed by atoms with Gasteiger partial charge in [-0.1, -0.05) is 30.3 Å². The molecule has 1 heterocycles. The molecule has 162 valence electrons. The highest BCUT2D eigenvalue weighted by atomic mass is 16.5. The number of benzene rings is 3. The molecule has 0 saturated carbocycles. The van der Waals surface area contributed by atoms with Gasteiger partial charge in [0.2, 0.25) is 0 Å². The lowest BCUT2D eigenvalue weighted by molar-refractivity contribution is 0.0662. The number of phenolic OH excluding ortho intramolecular Hbond substituents is 1. The first-order valence-electron chi connectivity index (χ1n) is 10.6. The number of nitrogens with zero attached hydrogens (tertiary/aromatic N) is 2. The molecule has 1 aliphatic rings. The molecule has 0 amide bonds. The zero-order chi connectivity index (χ0) is 21.5. The van der Waals surface area contributed by atoms with Gasteiger partial charge in [0.05, 0.1) is 5.69 Å². The first-order chi connectivity index (χ1) is 15.2. The number of rotatable bonds is 8. The summed E-state index contributed by atoms with van der Waals surface area (Å²) in [6.45, 7) is 4.08. The Hall–Kier alpha value is -3.22. The van der Waals surface area contributed by atoms with Crippen molar-refractivity contribution >= 4 is 5.69 Å². The maximum atomic E-state index is 10.4. The average molecular weight is 421 g/mol. The van der Waals surface area contributed by atoms with E-state index in [9.17, 15) is 10.2 Å². The van der Waals surface area contributed by atoms with E-state index in [4.69, 9.17) is 9.47 Å². The van der Waals surface area contributed by atoms with Gasteiger partial charge < -0.3 is 24.6 Å². The number of aromatic hydroxyl groups is 1. The zero-order valence-corrected chi connectivity index (χ0v) is 17.4. The number of phenols is 1. The van der Waals surface area contributed by atoms with Gasteiger partial charge in [-0.05, 0) is 48.5 Å². The van der Waals surface area contributed by atoms with Crippen molar-refractivity contribution in [3.63, 3.8) is 0 Å². The Bertz CT molecular complexity index is 941. The van der Waals surface area contributed by atoms with Crippen LogP contribution < -0.4 is 14.4 Å². The molecule has 31 heavy (non-hydrogen) atoms. The minimum atomic E-state index is -0.572. The van der Waals surface area contributed by atoms with E-state index in [0.717, 1.165) is 43.4 Å². The van der Waals surface area contributed by atoms with Crippen LogP contribution in [-0.4, -0.2) is 60.5 Å². The number of aliphatic hydroxyl groups excluding tert-OH is 1. The fourth-order valence-corrected chi connectivity index (χ4v) is 3.67. The van der Waals surface area contributed by atoms with E-state index in [2.05, 4.69) is 9.80 Å². The van der Waals surface area contributed by atoms with Crippen LogP contribution in [0.2, 0.25) is 0 Å². The number of hydrogen-bond donors (Lipinski definition) is 2. The molecule has 2 N–H and O–H groups in total. The molecule has 0 aliphatic carbocycles. The monoisotopic (exact) mass is 420 g/mol. The van der Waals surface area contributed by atoms with Crippen LogP contribution in [0, 0.1) is 0 Å². The largest absolute Gasteiger partial charge is 0.506 e. The Labute approximate surface area is 182 Å². The molecule has 3 aromatic carbocycles. The molecule has 4 rings (SSSR count). The van der Waals surface area contributed by atoms with Gasteiger partial charge in [-0.3, -0.25) is 4.90 Å². The van der Waals surface area contributed by atoms with Crippen LogP contribution in [0.5, 0.6) is 23.0 Å². The second-order valence-corrected chi connectivity index (χ2v) is 7.63. The predicted molar refractivity (Wildman–Crippen MR) is 121 cm³/mol. The second kappa shape index (κ2) is 10.2. The number of hydrogen-bond acceptors (Lipinski definition) is 6. The standard InChI is InChI=1S/C25H28N2O4/c28-20(18-26-14-16-27(17-15-26)24-8-4-5-9-25(24)29)19-30-21-10-12-23(13-11-21)31-22-6-2-1-3-7-22/h1-13,20,28-29H,14-19H2. The number of para-hydroxylation sites is 3. The first kappa shape index (κ1) is 21.0. The lowest BCUT2D eigenvalue weighted by Gasteiger charge is -2.37. The minimum Gasteiger partial charge on any atom is -0.506 e. The Kier molecular flexibility index (Phi) is 6.92. The topological polar surface area (TPSA) is 65.4 Å². The summed E-state index contributed by atoms with van der Waals surface area (Å²) in [4.78, 5) is 4.40. The number of aliphatic hydroxyl groups is 1. The summed E-state index contributed by atoms with van der Waals surface area (Å²) in [5.41, 5.74) is 0.866. The average Bonchev–Trinajstić information content (AvgIpc) is 2.80. The molecule has 1 atom stereocenters. The van der Waals surface area contributed by atoms with E-state index in [0.29, 0.717) is 18.0 Å². The third-order valence-electron chi connectivity index (χ3n) is 5.31. The first-order valence-corrected chi connectivity index (χ1v) is 10.6. The van der Waals surface area contributed by atoms with Crippen LogP contribution in [0.3, 0.4) is 0 Å². The molecule has 0 aromatic heterocycles. The van der Waals surface area contributed by atoms with Gasteiger partial charge in [-0.2, -0.15) is 0 Å². The van der Waals surface area contributed by atoms with Gasteiger partial charge in [0.1, 0.15) is 35.7 Å². The second-order valence-electron chi connectivity index (χ2n) is 7.63. The van der Waals surface area contributed by atoms with Crippen molar-refractivity contribution in [2.24, 2.45) is 0 Å². The fraction of sp³-hybridized carbons (Fsp3) is 0.280. The van der Waals surface area contributed by atoms with Crippen molar-refractivity contribution in [2.45, 2.75) is 6.10 Å². The number of ether oxygens (including phenoxy) is 2. The Morgan fingerprint density at radius 2 is 1.35 bits per heavy atom. The van der Waals surface area contributed by atoms with Crippen molar-refractivity contribution in [3.8, 4) is 23.0 Å². The van der Waals surface area contributed by atoms with Crippen molar-refractivity contribution in [1.29, 1.82) is 0 Å². The highest BCUT2D eigenvalue weighted by Crippen LogP contribution is 2.27. The molecule has 1 fully saturated rings. The molecule has 1 saturated heterocycles. The quantitative estimate of drug-likeness (QED) is 0.579. The highest BCUT2D eigenvalue weighted by Gasteiger charge is 2.21. The van der Waals surface area contributed by atoms with Gasteiger partial charge in [0, 0.05) is 32.7 Å². The van der Waals surface area contributed by atoms with Gasteiger partial charge in [0.15, 0.2) is 0 Å². The molecule has 6 heteroatoms. The van der Waals surface area contributed by atoms with Crippen molar-refractivity contribution in [1.82, 2.24) is 4.90 Å². The summed E-state index contributed by atoms with van der Waals surface area (Å²) in [5, 5.41) is 20.4. The van der Waals surface area contributed by atoms with E-state index in [1.165, 1.54) is 0 Å². The van der Waals surface area contributed by atoms with Crippen molar-refractivity contribution in [2.75, 3.05) is 44.2 Å². The van der Waals surface area contributed by atoms with Crippen molar-refractivity contribution < 1.29 is 19.7 Å². The summed E-state index contributed by atoms with van der Waals surface area (Å²) in [7, 11) is 0. The van der Waals surface area contributed by atoms with Crippen LogP contribution in [0.4, 0.5) is 5.69 Å². The molecule has 3 aromatic rings.